The molecule has 2 bridgehead atoms. The maximum Gasteiger partial charge on any atom is 0.164 e. The number of aliphatic hydroxyl groups is 4. The van der Waals surface area contributed by atoms with Gasteiger partial charge in [-0.15, -0.1) is 0 Å². The molecule has 3 unspecified atom stereocenters. The zero-order valence-corrected chi connectivity index (χ0v) is 33.7. The van der Waals surface area contributed by atoms with Crippen LogP contribution in [0.15, 0.2) is 70.4 Å². The topological polar surface area (TPSA) is 98.0 Å². The first-order valence-electron chi connectivity index (χ1n) is 19.4. The molecule has 0 aromatic heterocycles. The summed E-state index contributed by atoms with van der Waals surface area (Å²) >= 11 is 0. The molecule has 9 atom stereocenters. The quantitative estimate of drug-likeness (QED) is 0.161. The number of rotatable bonds is 11. The van der Waals surface area contributed by atoms with Gasteiger partial charge in [0.1, 0.15) is 5.60 Å². The van der Waals surface area contributed by atoms with Crippen molar-refractivity contribution in [3.63, 3.8) is 0 Å². The molecule has 5 aliphatic rings. The van der Waals surface area contributed by atoms with Crippen molar-refractivity contribution in [2.75, 3.05) is 0 Å². The number of fused-ring (bicyclic) bond motifs is 2. The van der Waals surface area contributed by atoms with Crippen LogP contribution >= 0.6 is 0 Å². The number of carbonyl (C=O) groups is 1. The zero-order chi connectivity index (χ0) is 38.0. The second-order valence-electron chi connectivity index (χ2n) is 17.5. The summed E-state index contributed by atoms with van der Waals surface area (Å²) in [4.78, 5) is 11.8. The third-order valence-corrected chi connectivity index (χ3v) is 12.4. The van der Waals surface area contributed by atoms with Gasteiger partial charge in [-0.1, -0.05) is 66.2 Å². The van der Waals surface area contributed by atoms with Gasteiger partial charge in [0.15, 0.2) is 5.78 Å². The van der Waals surface area contributed by atoms with Crippen LogP contribution in [-0.4, -0.2) is 49.6 Å². The van der Waals surface area contributed by atoms with E-state index in [1.54, 1.807) is 6.92 Å². The third-order valence-electron chi connectivity index (χ3n) is 12.4. The predicted molar refractivity (Wildman–Crippen MR) is 211 cm³/mol. The average Bonchev–Trinajstić information content (AvgIpc) is 3.00. The predicted octanol–water partition coefficient (Wildman–Crippen LogP) is 10.3. The summed E-state index contributed by atoms with van der Waals surface area (Å²) in [5.74, 6) is 1.38. The SMILES string of the molecule is C=C(CCC=C(C)C)[C@H]1CC=C(C)C(O)C1.CC(C)=CCCC(C)(O)[C@H]1CC=C(C)C(O)C1.CC(C)=CCC[C@]1(C)[C@H]2CC(=O)[C@](C)(O)[C@@H]1C2. The fraction of sp³-hybridized carbons (Fsp3) is 0.711. The van der Waals surface area contributed by atoms with Crippen LogP contribution in [0.1, 0.15) is 153 Å². The lowest BCUT2D eigenvalue weighted by molar-refractivity contribution is -0.202. The fourth-order valence-electron chi connectivity index (χ4n) is 8.29. The normalized spacial score (nSPS) is 32.6. The van der Waals surface area contributed by atoms with E-state index < -0.39 is 11.2 Å². The van der Waals surface area contributed by atoms with Crippen molar-refractivity contribution in [3.8, 4) is 0 Å². The maximum absolute atomic E-state index is 11.8. The zero-order valence-electron chi connectivity index (χ0n) is 33.7. The second-order valence-corrected chi connectivity index (χ2v) is 17.5. The summed E-state index contributed by atoms with van der Waals surface area (Å²) in [5.41, 5.74) is 5.88. The van der Waals surface area contributed by atoms with E-state index in [9.17, 15) is 25.2 Å². The van der Waals surface area contributed by atoms with Crippen molar-refractivity contribution in [1.82, 2.24) is 0 Å². The molecular weight excluding hydrogens is 620 g/mol. The Balaban J connectivity index is 0.000000260. The van der Waals surface area contributed by atoms with Crippen molar-refractivity contribution in [2.45, 2.75) is 177 Å². The minimum atomic E-state index is -1.07. The van der Waals surface area contributed by atoms with Gasteiger partial charge < -0.3 is 20.4 Å². The number of hydrogen-bond donors (Lipinski definition) is 4. The minimum Gasteiger partial charge on any atom is -0.390 e. The standard InChI is InChI=1S/C15H24O2.C15H26O2.C15H24O/c1-10(2)6-5-7-14(3)11-8-12(14)15(4,17)13(16)9-11;1-11(2)6-5-9-15(4,17)13-8-7-12(3)14(16)10-13;1-11(2)6-5-7-12(3)14-9-8-13(4)15(16)10-14/h6,11-12,17H,5,7-9H2,1-4H3;6-7,13-14,16-17H,5,8-10H2,1-4H3;6,8,14-16H,3,5,7,9-10H2,1-2,4H3/t11-,12-,14-,15-;13-,14?,15?;14-,15?/m100/s1. The molecule has 0 amide bonds. The molecule has 0 radical (unpaired) electrons. The molecule has 5 aliphatic carbocycles. The smallest absolute Gasteiger partial charge is 0.164 e. The highest BCUT2D eigenvalue weighted by molar-refractivity contribution is 5.89. The number of allylic oxidation sites excluding steroid dienone is 9. The first kappa shape index (κ1) is 44.1. The number of ketones is 1. The number of hydrogen-bond acceptors (Lipinski definition) is 5. The van der Waals surface area contributed by atoms with Crippen LogP contribution in [0.25, 0.3) is 0 Å². The molecule has 0 aromatic rings. The summed E-state index contributed by atoms with van der Waals surface area (Å²) in [6, 6.07) is 0. The molecule has 50 heavy (non-hydrogen) atoms. The number of Topliss-reactive ketones (excluding diaryl/α,β-unsaturated/α-hetero) is 1. The van der Waals surface area contributed by atoms with E-state index in [0.29, 0.717) is 24.7 Å². The van der Waals surface area contributed by atoms with E-state index in [1.807, 2.05) is 20.8 Å². The average molecular weight is 695 g/mol. The lowest BCUT2D eigenvalue weighted by Crippen LogP contribution is -2.65. The van der Waals surface area contributed by atoms with Crippen molar-refractivity contribution >= 4 is 5.78 Å². The third kappa shape index (κ3) is 12.6. The summed E-state index contributed by atoms with van der Waals surface area (Å²) in [6.07, 6.45) is 21.3. The minimum absolute atomic E-state index is 0.0541. The van der Waals surface area contributed by atoms with E-state index in [4.69, 9.17) is 0 Å². The van der Waals surface area contributed by atoms with Gasteiger partial charge in [-0.3, -0.25) is 4.79 Å². The molecule has 4 N–H and O–H groups in total. The highest BCUT2D eigenvalue weighted by Crippen LogP contribution is 2.63. The molecule has 3 saturated carbocycles. The van der Waals surface area contributed by atoms with Crippen LogP contribution in [-0.2, 0) is 4.79 Å². The van der Waals surface area contributed by atoms with Gasteiger partial charge in [0.25, 0.3) is 0 Å². The first-order valence-corrected chi connectivity index (χ1v) is 19.4. The Morgan fingerprint density at radius 2 is 1.38 bits per heavy atom. The highest BCUT2D eigenvalue weighted by Gasteiger charge is 2.64. The van der Waals surface area contributed by atoms with Gasteiger partial charge >= 0.3 is 0 Å². The van der Waals surface area contributed by atoms with E-state index in [0.717, 1.165) is 75.4 Å². The van der Waals surface area contributed by atoms with Gasteiger partial charge in [0.2, 0.25) is 0 Å². The van der Waals surface area contributed by atoms with E-state index in [2.05, 4.69) is 85.4 Å². The molecule has 0 spiro atoms. The lowest BCUT2D eigenvalue weighted by atomic mass is 9.42. The van der Waals surface area contributed by atoms with E-state index in [-0.39, 0.29) is 35.2 Å². The maximum atomic E-state index is 11.8. The summed E-state index contributed by atoms with van der Waals surface area (Å²) in [6.45, 7) is 26.6. The first-order chi connectivity index (χ1) is 23.1. The molecule has 5 heteroatoms. The molecule has 0 saturated heterocycles. The fourth-order valence-corrected chi connectivity index (χ4v) is 8.29. The van der Waals surface area contributed by atoms with Crippen LogP contribution in [0, 0.1) is 29.1 Å². The van der Waals surface area contributed by atoms with E-state index >= 15 is 0 Å². The van der Waals surface area contributed by atoms with Gasteiger partial charge in [-0.2, -0.15) is 0 Å². The Hall–Kier alpha value is -2.05. The lowest BCUT2D eigenvalue weighted by Gasteiger charge is -2.63. The molecule has 0 aliphatic heterocycles. The molecule has 3 fully saturated rings. The molecular formula is C45H74O5. The van der Waals surface area contributed by atoms with Crippen LogP contribution in [0.3, 0.4) is 0 Å². The van der Waals surface area contributed by atoms with Crippen LogP contribution < -0.4 is 0 Å². The summed E-state index contributed by atoms with van der Waals surface area (Å²) in [7, 11) is 0. The van der Waals surface area contributed by atoms with Crippen LogP contribution in [0.2, 0.25) is 0 Å². The summed E-state index contributed by atoms with van der Waals surface area (Å²) < 4.78 is 0. The Bertz CT molecular complexity index is 1290. The van der Waals surface area contributed by atoms with Gasteiger partial charge in [-0.25, -0.2) is 0 Å². The molecule has 284 valence electrons. The van der Waals surface area contributed by atoms with Crippen molar-refractivity contribution in [2.24, 2.45) is 29.1 Å². The van der Waals surface area contributed by atoms with Gasteiger partial charge in [0, 0.05) is 12.3 Å². The van der Waals surface area contributed by atoms with Crippen LogP contribution in [0.4, 0.5) is 0 Å². The monoisotopic (exact) mass is 695 g/mol. The molecule has 0 heterocycles. The second kappa shape index (κ2) is 19.1. The summed E-state index contributed by atoms with van der Waals surface area (Å²) in [5, 5.41) is 40.4. The number of carbonyl (C=O) groups excluding carboxylic acids is 1. The number of aliphatic hydroxyl groups excluding tert-OH is 2. The molecule has 0 aromatic carbocycles. The highest BCUT2D eigenvalue weighted by atomic mass is 16.3. The van der Waals surface area contributed by atoms with Gasteiger partial charge in [-0.05, 0) is 174 Å². The Kier molecular flexibility index (Phi) is 16.9. The van der Waals surface area contributed by atoms with E-state index in [1.165, 1.54) is 22.3 Å². The molecule has 5 nitrogen and oxygen atoms in total. The van der Waals surface area contributed by atoms with Crippen molar-refractivity contribution < 1.29 is 25.2 Å². The molecule has 5 rings (SSSR count). The van der Waals surface area contributed by atoms with Crippen molar-refractivity contribution in [3.05, 3.63) is 70.4 Å². The largest absolute Gasteiger partial charge is 0.390 e. The Labute approximate surface area is 306 Å². The Morgan fingerprint density at radius 3 is 1.90 bits per heavy atom. The van der Waals surface area contributed by atoms with Crippen LogP contribution in [0.5, 0.6) is 0 Å². The van der Waals surface area contributed by atoms with Crippen molar-refractivity contribution in [1.29, 1.82) is 0 Å². The Morgan fingerprint density at radius 1 is 0.860 bits per heavy atom. The van der Waals surface area contributed by atoms with Gasteiger partial charge in [0.05, 0.1) is 17.8 Å².